The van der Waals surface area contributed by atoms with E-state index in [1.807, 2.05) is 47.5 Å². The highest BCUT2D eigenvalue weighted by molar-refractivity contribution is 8.00. The standard InChI is InChI=1S/C30H32N4O4S/c1-21(35)38-26-13-8-22(19-27(26)37-2)20-33-15-17-34(18-16-33)30(36)24-9-11-25(12-10-24)32-39-28-7-3-5-23-6-4-14-31-29(23)28/h3,5,7-14,19,32H,4,6,15-18,20H2,1-2H3. The molecule has 0 spiro atoms. The molecule has 0 saturated carbocycles. The maximum atomic E-state index is 13.1. The SMILES string of the molecule is COc1cc(CN2CCN(C(=O)c3ccc(NSc4cccc5c4N=CCC5)cc3)CC2)ccc1OC(C)=O. The minimum absolute atomic E-state index is 0.0488. The van der Waals surface area contributed by atoms with Crippen LogP contribution in [0.25, 0.3) is 0 Å². The second-order valence-corrected chi connectivity index (χ2v) is 10.4. The Hall–Kier alpha value is -3.82. The highest BCUT2D eigenvalue weighted by atomic mass is 32.2. The number of benzene rings is 3. The van der Waals surface area contributed by atoms with Crippen LogP contribution in [0.15, 0.2) is 70.6 Å². The van der Waals surface area contributed by atoms with E-state index in [-0.39, 0.29) is 11.9 Å². The van der Waals surface area contributed by atoms with E-state index in [1.165, 1.54) is 12.5 Å². The summed E-state index contributed by atoms with van der Waals surface area (Å²) in [5.41, 5.74) is 5.01. The van der Waals surface area contributed by atoms with E-state index < -0.39 is 0 Å². The first-order valence-corrected chi connectivity index (χ1v) is 13.9. The Kier molecular flexibility index (Phi) is 8.48. The van der Waals surface area contributed by atoms with Gasteiger partial charge in [0, 0.05) is 57.1 Å². The number of amides is 1. The molecule has 1 fully saturated rings. The van der Waals surface area contributed by atoms with E-state index in [9.17, 15) is 9.59 Å². The summed E-state index contributed by atoms with van der Waals surface area (Å²) < 4.78 is 14.0. The van der Waals surface area contributed by atoms with Crippen molar-refractivity contribution in [1.29, 1.82) is 0 Å². The fourth-order valence-electron chi connectivity index (χ4n) is 4.77. The number of methoxy groups -OCH3 is 1. The Bertz CT molecular complexity index is 1370. The van der Waals surface area contributed by atoms with E-state index in [4.69, 9.17) is 9.47 Å². The van der Waals surface area contributed by atoms with Gasteiger partial charge in [-0.3, -0.25) is 19.5 Å². The molecule has 1 amide bonds. The number of esters is 1. The van der Waals surface area contributed by atoms with Crippen molar-refractivity contribution in [2.24, 2.45) is 4.99 Å². The second kappa shape index (κ2) is 12.4. The van der Waals surface area contributed by atoms with Crippen molar-refractivity contribution >= 4 is 41.4 Å². The Labute approximate surface area is 233 Å². The van der Waals surface area contributed by atoms with Crippen molar-refractivity contribution in [3.63, 3.8) is 0 Å². The largest absolute Gasteiger partial charge is 0.493 e. The van der Waals surface area contributed by atoms with E-state index in [0.29, 0.717) is 30.2 Å². The van der Waals surface area contributed by atoms with Gasteiger partial charge in [-0.2, -0.15) is 0 Å². The van der Waals surface area contributed by atoms with Gasteiger partial charge >= 0.3 is 5.97 Å². The van der Waals surface area contributed by atoms with E-state index in [1.54, 1.807) is 25.1 Å². The summed E-state index contributed by atoms with van der Waals surface area (Å²) in [4.78, 5) is 34.3. The molecule has 2 aliphatic heterocycles. The predicted octanol–water partition coefficient (Wildman–Crippen LogP) is 5.35. The summed E-state index contributed by atoms with van der Waals surface area (Å²) in [6.45, 7) is 4.98. The molecule has 0 bridgehead atoms. The third kappa shape index (κ3) is 6.61. The lowest BCUT2D eigenvalue weighted by atomic mass is 10.1. The lowest BCUT2D eigenvalue weighted by molar-refractivity contribution is -0.132. The molecule has 1 N–H and O–H groups in total. The molecular formula is C30H32N4O4S. The van der Waals surface area contributed by atoms with Crippen molar-refractivity contribution in [2.45, 2.75) is 31.2 Å². The van der Waals surface area contributed by atoms with Gasteiger partial charge in [-0.1, -0.05) is 18.2 Å². The van der Waals surface area contributed by atoms with Gasteiger partial charge in [0.15, 0.2) is 11.5 Å². The summed E-state index contributed by atoms with van der Waals surface area (Å²) in [7, 11) is 1.56. The molecule has 0 unspecified atom stereocenters. The number of para-hydroxylation sites is 1. The molecule has 1 saturated heterocycles. The van der Waals surface area contributed by atoms with Crippen molar-refractivity contribution in [3.05, 3.63) is 77.4 Å². The average Bonchev–Trinajstić information content (AvgIpc) is 2.97. The molecule has 39 heavy (non-hydrogen) atoms. The van der Waals surface area contributed by atoms with Crippen molar-refractivity contribution in [2.75, 3.05) is 38.0 Å². The number of nitrogens with one attached hydrogen (secondary N) is 1. The molecule has 0 radical (unpaired) electrons. The van der Waals surface area contributed by atoms with Crippen LogP contribution in [0.2, 0.25) is 0 Å². The average molecular weight is 545 g/mol. The van der Waals surface area contributed by atoms with Crippen LogP contribution in [0.5, 0.6) is 11.5 Å². The molecule has 202 valence electrons. The normalized spacial score (nSPS) is 15.0. The lowest BCUT2D eigenvalue weighted by Crippen LogP contribution is -2.48. The maximum Gasteiger partial charge on any atom is 0.308 e. The van der Waals surface area contributed by atoms with Crippen LogP contribution in [-0.2, 0) is 17.8 Å². The minimum atomic E-state index is -0.382. The zero-order chi connectivity index (χ0) is 27.2. The molecule has 9 heteroatoms. The number of carbonyl (C=O) groups is 2. The number of anilines is 1. The van der Waals surface area contributed by atoms with Gasteiger partial charge in [0.1, 0.15) is 0 Å². The minimum Gasteiger partial charge on any atom is -0.493 e. The van der Waals surface area contributed by atoms with Gasteiger partial charge in [0.05, 0.1) is 17.7 Å². The smallest absolute Gasteiger partial charge is 0.308 e. The van der Waals surface area contributed by atoms with Crippen LogP contribution >= 0.6 is 11.9 Å². The van der Waals surface area contributed by atoms with Crippen LogP contribution < -0.4 is 14.2 Å². The molecule has 0 aromatic heterocycles. The summed E-state index contributed by atoms with van der Waals surface area (Å²) in [6.07, 6.45) is 3.99. The van der Waals surface area contributed by atoms with Gasteiger partial charge in [0.25, 0.3) is 5.91 Å². The van der Waals surface area contributed by atoms with Gasteiger partial charge in [-0.15, -0.1) is 0 Å². The number of fused-ring (bicyclic) bond motifs is 1. The number of rotatable bonds is 8. The zero-order valence-electron chi connectivity index (χ0n) is 22.2. The molecular weight excluding hydrogens is 512 g/mol. The molecule has 5 rings (SSSR count). The van der Waals surface area contributed by atoms with Gasteiger partial charge in [0.2, 0.25) is 0 Å². The number of hydrogen-bond acceptors (Lipinski definition) is 8. The zero-order valence-corrected chi connectivity index (χ0v) is 23.0. The first kappa shape index (κ1) is 26.8. The van der Waals surface area contributed by atoms with Crippen LogP contribution in [0.3, 0.4) is 0 Å². The highest BCUT2D eigenvalue weighted by Gasteiger charge is 2.22. The molecule has 3 aromatic carbocycles. The first-order chi connectivity index (χ1) is 19.0. The summed E-state index contributed by atoms with van der Waals surface area (Å²) in [6, 6.07) is 19.5. The van der Waals surface area contributed by atoms with Gasteiger partial charge in [-0.25, -0.2) is 0 Å². The summed E-state index contributed by atoms with van der Waals surface area (Å²) in [5, 5.41) is 0. The van der Waals surface area contributed by atoms with Crippen molar-refractivity contribution in [3.8, 4) is 11.5 Å². The third-order valence-corrected chi connectivity index (χ3v) is 7.69. The lowest BCUT2D eigenvalue weighted by Gasteiger charge is -2.35. The fraction of sp³-hybridized carbons (Fsp3) is 0.300. The second-order valence-electron chi connectivity index (χ2n) is 9.54. The number of carbonyl (C=O) groups excluding carboxylic acids is 2. The van der Waals surface area contributed by atoms with Crippen LogP contribution in [-0.4, -0.2) is 61.2 Å². The Morgan fingerprint density at radius 3 is 2.54 bits per heavy atom. The quantitative estimate of drug-likeness (QED) is 0.233. The fourth-order valence-corrected chi connectivity index (χ4v) is 5.56. The van der Waals surface area contributed by atoms with E-state index in [0.717, 1.165) is 54.3 Å². The molecule has 2 heterocycles. The number of hydrogen-bond donors (Lipinski definition) is 1. The van der Waals surface area contributed by atoms with Crippen molar-refractivity contribution < 1.29 is 19.1 Å². The Morgan fingerprint density at radius 1 is 1.00 bits per heavy atom. The van der Waals surface area contributed by atoms with Crippen LogP contribution in [0.1, 0.15) is 34.8 Å². The summed E-state index contributed by atoms with van der Waals surface area (Å²) >= 11 is 1.54. The van der Waals surface area contributed by atoms with E-state index in [2.05, 4.69) is 32.8 Å². The van der Waals surface area contributed by atoms with Crippen molar-refractivity contribution in [1.82, 2.24) is 9.80 Å². The van der Waals surface area contributed by atoms with E-state index >= 15 is 0 Å². The number of ether oxygens (including phenoxy) is 2. The predicted molar refractivity (Wildman–Crippen MR) is 154 cm³/mol. The number of aliphatic imine (C=N–C) groups is 1. The molecule has 8 nitrogen and oxygen atoms in total. The molecule has 3 aromatic rings. The highest BCUT2D eigenvalue weighted by Crippen LogP contribution is 2.35. The maximum absolute atomic E-state index is 13.1. The monoisotopic (exact) mass is 544 g/mol. The molecule has 0 atom stereocenters. The molecule has 2 aliphatic rings. The number of piperazine rings is 1. The number of nitrogens with zero attached hydrogens (tertiary/aromatic N) is 3. The molecule has 0 aliphatic carbocycles. The van der Waals surface area contributed by atoms with Crippen LogP contribution in [0.4, 0.5) is 11.4 Å². The Morgan fingerprint density at radius 2 is 1.79 bits per heavy atom. The first-order valence-electron chi connectivity index (χ1n) is 13.0. The van der Waals surface area contributed by atoms with Gasteiger partial charge in [-0.05, 0) is 78.4 Å². The third-order valence-electron chi connectivity index (χ3n) is 6.80. The number of aryl methyl sites for hydroxylation is 1. The topological polar surface area (TPSA) is 83.5 Å². The Balaban J connectivity index is 1.12. The van der Waals surface area contributed by atoms with Gasteiger partial charge < -0.3 is 19.1 Å². The summed E-state index contributed by atoms with van der Waals surface area (Å²) in [5.74, 6) is 0.613. The van der Waals surface area contributed by atoms with Crippen LogP contribution in [0, 0.1) is 0 Å².